The number of piperidine rings is 1. The molecule has 1 aliphatic heterocycles. The van der Waals surface area contributed by atoms with Crippen LogP contribution in [0.2, 0.25) is 0 Å². The molecule has 2 heterocycles. The Balaban J connectivity index is 1.52. The first-order valence-electron chi connectivity index (χ1n) is 11.0. The molecule has 1 amide bonds. The maximum Gasteiger partial charge on any atom is 0.256 e. The van der Waals surface area contributed by atoms with E-state index in [1.54, 1.807) is 25.2 Å². The molecule has 0 aliphatic carbocycles. The molecule has 1 atom stereocenters. The van der Waals surface area contributed by atoms with Crippen LogP contribution in [0.25, 0.3) is 11.1 Å². The third kappa shape index (κ3) is 4.83. The summed E-state index contributed by atoms with van der Waals surface area (Å²) in [6, 6.07) is 19.5. The SMILES string of the molecule is Cc1nc([C@@H]2CCCCN2Cc2ccc(-c3ccccc3)cc2)ncc1C(=O)N(C)C. The minimum absolute atomic E-state index is 0.0527. The Labute approximate surface area is 184 Å². The van der Waals surface area contributed by atoms with E-state index in [9.17, 15) is 4.79 Å². The van der Waals surface area contributed by atoms with Crippen LogP contribution in [-0.4, -0.2) is 46.3 Å². The van der Waals surface area contributed by atoms with Crippen LogP contribution in [-0.2, 0) is 6.54 Å². The zero-order valence-electron chi connectivity index (χ0n) is 18.6. The highest BCUT2D eigenvalue weighted by molar-refractivity contribution is 5.94. The maximum absolute atomic E-state index is 12.3. The fraction of sp³-hybridized carbons (Fsp3) is 0.346. The highest BCUT2D eigenvalue weighted by Gasteiger charge is 2.27. The summed E-state index contributed by atoms with van der Waals surface area (Å²) in [6.45, 7) is 3.81. The van der Waals surface area contributed by atoms with Crippen molar-refractivity contribution >= 4 is 5.91 Å². The van der Waals surface area contributed by atoms with Crippen LogP contribution < -0.4 is 0 Å². The molecule has 160 valence electrons. The van der Waals surface area contributed by atoms with Gasteiger partial charge in [-0.15, -0.1) is 0 Å². The lowest BCUT2D eigenvalue weighted by Crippen LogP contribution is -2.34. The first-order valence-corrected chi connectivity index (χ1v) is 11.0. The Morgan fingerprint density at radius 3 is 2.42 bits per heavy atom. The predicted octanol–water partition coefficient (Wildman–Crippen LogP) is 4.88. The summed E-state index contributed by atoms with van der Waals surface area (Å²) in [4.78, 5) is 25.7. The Hall–Kier alpha value is -3.05. The minimum Gasteiger partial charge on any atom is -0.345 e. The second-order valence-corrected chi connectivity index (χ2v) is 8.47. The van der Waals surface area contributed by atoms with E-state index in [0.29, 0.717) is 5.56 Å². The molecule has 5 heteroatoms. The number of aryl methyl sites for hydroxylation is 1. The van der Waals surface area contributed by atoms with Gasteiger partial charge >= 0.3 is 0 Å². The number of likely N-dealkylation sites (tertiary alicyclic amines) is 1. The lowest BCUT2D eigenvalue weighted by Gasteiger charge is -2.35. The van der Waals surface area contributed by atoms with Crippen molar-refractivity contribution < 1.29 is 4.79 Å². The van der Waals surface area contributed by atoms with E-state index in [2.05, 4.69) is 58.4 Å². The van der Waals surface area contributed by atoms with E-state index in [1.165, 1.54) is 29.5 Å². The molecule has 31 heavy (non-hydrogen) atoms. The number of hydrogen-bond acceptors (Lipinski definition) is 4. The third-order valence-corrected chi connectivity index (χ3v) is 5.99. The van der Waals surface area contributed by atoms with Crippen LogP contribution >= 0.6 is 0 Å². The molecule has 1 aliphatic rings. The van der Waals surface area contributed by atoms with Gasteiger partial charge in [-0.3, -0.25) is 9.69 Å². The van der Waals surface area contributed by atoms with Crippen molar-refractivity contribution in [2.75, 3.05) is 20.6 Å². The van der Waals surface area contributed by atoms with Gasteiger partial charge in [-0.25, -0.2) is 9.97 Å². The van der Waals surface area contributed by atoms with Gasteiger partial charge in [0, 0.05) is 26.8 Å². The Bertz CT molecular complexity index is 1030. The van der Waals surface area contributed by atoms with Crippen molar-refractivity contribution in [3.05, 3.63) is 83.4 Å². The van der Waals surface area contributed by atoms with Crippen molar-refractivity contribution in [3.63, 3.8) is 0 Å². The van der Waals surface area contributed by atoms with Crippen LogP contribution in [0.4, 0.5) is 0 Å². The van der Waals surface area contributed by atoms with Gasteiger partial charge in [-0.2, -0.15) is 0 Å². The summed E-state index contributed by atoms with van der Waals surface area (Å²) in [5, 5.41) is 0. The summed E-state index contributed by atoms with van der Waals surface area (Å²) < 4.78 is 0. The molecular formula is C26H30N4O. The van der Waals surface area contributed by atoms with Crippen molar-refractivity contribution in [2.45, 2.75) is 38.8 Å². The molecule has 0 spiro atoms. The van der Waals surface area contributed by atoms with Crippen LogP contribution in [0.3, 0.4) is 0 Å². The molecule has 0 saturated carbocycles. The van der Waals surface area contributed by atoms with Gasteiger partial charge < -0.3 is 4.90 Å². The molecule has 1 aromatic heterocycles. The molecule has 3 aromatic rings. The molecule has 2 aromatic carbocycles. The Morgan fingerprint density at radius 2 is 1.74 bits per heavy atom. The average molecular weight is 415 g/mol. The van der Waals surface area contributed by atoms with Crippen molar-refractivity contribution in [1.29, 1.82) is 0 Å². The Kier molecular flexibility index (Phi) is 6.42. The number of benzene rings is 2. The molecule has 0 unspecified atom stereocenters. The summed E-state index contributed by atoms with van der Waals surface area (Å²) in [6.07, 6.45) is 5.10. The fourth-order valence-electron chi connectivity index (χ4n) is 4.24. The number of hydrogen-bond donors (Lipinski definition) is 0. The molecule has 0 N–H and O–H groups in total. The summed E-state index contributed by atoms with van der Waals surface area (Å²) >= 11 is 0. The standard InChI is InChI=1S/C26H30N4O/c1-19-23(26(31)29(2)3)17-27-25(28-19)24-11-7-8-16-30(24)18-20-12-14-22(15-13-20)21-9-5-4-6-10-21/h4-6,9-10,12-15,17,24H,7-8,11,16,18H2,1-3H3/t24-/m0/s1. The second kappa shape index (κ2) is 9.40. The number of amides is 1. The largest absolute Gasteiger partial charge is 0.345 e. The molecule has 0 radical (unpaired) electrons. The van der Waals surface area contributed by atoms with E-state index in [-0.39, 0.29) is 11.9 Å². The molecule has 5 nitrogen and oxygen atoms in total. The third-order valence-electron chi connectivity index (χ3n) is 5.99. The van der Waals surface area contributed by atoms with Crippen molar-refractivity contribution in [3.8, 4) is 11.1 Å². The summed E-state index contributed by atoms with van der Waals surface area (Å²) in [5.41, 5.74) is 5.09. The Morgan fingerprint density at radius 1 is 1.03 bits per heavy atom. The molecule has 1 fully saturated rings. The topological polar surface area (TPSA) is 49.3 Å². The van der Waals surface area contributed by atoms with Gasteiger partial charge in [-0.1, -0.05) is 61.0 Å². The van der Waals surface area contributed by atoms with Gasteiger partial charge in [0.15, 0.2) is 0 Å². The highest BCUT2D eigenvalue weighted by atomic mass is 16.2. The van der Waals surface area contributed by atoms with E-state index < -0.39 is 0 Å². The highest BCUT2D eigenvalue weighted by Crippen LogP contribution is 2.31. The average Bonchev–Trinajstić information content (AvgIpc) is 2.80. The maximum atomic E-state index is 12.3. The van der Waals surface area contributed by atoms with Gasteiger partial charge in [0.05, 0.1) is 17.3 Å². The van der Waals surface area contributed by atoms with E-state index in [1.807, 2.05) is 13.0 Å². The van der Waals surface area contributed by atoms with Crippen LogP contribution in [0, 0.1) is 6.92 Å². The summed E-state index contributed by atoms with van der Waals surface area (Å²) in [7, 11) is 3.50. The first-order chi connectivity index (χ1) is 15.0. The van der Waals surface area contributed by atoms with E-state index in [0.717, 1.165) is 31.0 Å². The molecule has 4 rings (SSSR count). The number of nitrogens with zero attached hydrogens (tertiary/aromatic N) is 4. The van der Waals surface area contributed by atoms with E-state index >= 15 is 0 Å². The van der Waals surface area contributed by atoms with Crippen molar-refractivity contribution in [1.82, 2.24) is 19.8 Å². The fourth-order valence-corrected chi connectivity index (χ4v) is 4.24. The number of carbonyl (C=O) groups is 1. The van der Waals surface area contributed by atoms with Gasteiger partial charge in [0.1, 0.15) is 5.82 Å². The zero-order chi connectivity index (χ0) is 21.8. The lowest BCUT2D eigenvalue weighted by atomic mass is 9.99. The van der Waals surface area contributed by atoms with Crippen molar-refractivity contribution in [2.24, 2.45) is 0 Å². The quantitative estimate of drug-likeness (QED) is 0.597. The van der Waals surface area contributed by atoms with Gasteiger partial charge in [-0.05, 0) is 43.0 Å². The first kappa shape index (κ1) is 21.2. The smallest absolute Gasteiger partial charge is 0.256 e. The van der Waals surface area contributed by atoms with Gasteiger partial charge in [0.25, 0.3) is 5.91 Å². The predicted molar refractivity (Wildman–Crippen MR) is 124 cm³/mol. The number of rotatable bonds is 5. The minimum atomic E-state index is -0.0527. The molecule has 1 saturated heterocycles. The van der Waals surface area contributed by atoms with E-state index in [4.69, 9.17) is 4.98 Å². The summed E-state index contributed by atoms with van der Waals surface area (Å²) in [5.74, 6) is 0.775. The second-order valence-electron chi connectivity index (χ2n) is 8.47. The normalized spacial score (nSPS) is 16.8. The zero-order valence-corrected chi connectivity index (χ0v) is 18.6. The monoisotopic (exact) mass is 414 g/mol. The van der Waals surface area contributed by atoms with Gasteiger partial charge in [0.2, 0.25) is 0 Å². The molecule has 0 bridgehead atoms. The van der Waals surface area contributed by atoms with Crippen LogP contribution in [0.5, 0.6) is 0 Å². The molecular weight excluding hydrogens is 384 g/mol. The van der Waals surface area contributed by atoms with Crippen LogP contribution in [0.1, 0.15) is 52.7 Å². The lowest BCUT2D eigenvalue weighted by molar-refractivity contribution is 0.0825. The number of carbonyl (C=O) groups excluding carboxylic acids is 1. The van der Waals surface area contributed by atoms with Crippen LogP contribution in [0.15, 0.2) is 60.8 Å². The number of aromatic nitrogens is 2.